The van der Waals surface area contributed by atoms with Crippen LogP contribution in [-0.2, 0) is 9.59 Å². The SMILES string of the molecule is COc1ccccc1C1C(C(=O)C(C)C)=C(O)C(=O)N1c1ccc(-c2csnn2)cc1. The summed E-state index contributed by atoms with van der Waals surface area (Å²) in [6, 6.07) is 13.6. The molecule has 158 valence electrons. The fourth-order valence-electron chi connectivity index (χ4n) is 3.70. The molecule has 0 bridgehead atoms. The number of hydrogen-bond acceptors (Lipinski definition) is 7. The minimum atomic E-state index is -0.801. The van der Waals surface area contributed by atoms with Crippen LogP contribution in [0.2, 0.25) is 0 Å². The average molecular weight is 436 g/mol. The summed E-state index contributed by atoms with van der Waals surface area (Å²) < 4.78 is 9.37. The molecule has 0 aliphatic carbocycles. The minimum Gasteiger partial charge on any atom is -0.503 e. The number of carbonyl (C=O) groups excluding carboxylic acids is 2. The van der Waals surface area contributed by atoms with Crippen LogP contribution in [0.5, 0.6) is 5.75 Å². The van der Waals surface area contributed by atoms with E-state index < -0.39 is 17.7 Å². The molecule has 1 aliphatic rings. The summed E-state index contributed by atoms with van der Waals surface area (Å²) in [5.74, 6) is -1.29. The Morgan fingerprint density at radius 1 is 1.16 bits per heavy atom. The zero-order valence-corrected chi connectivity index (χ0v) is 18.1. The number of Topliss-reactive ketones (excluding diaryl/α,β-unsaturated/α-hetero) is 1. The van der Waals surface area contributed by atoms with Gasteiger partial charge in [0.1, 0.15) is 11.4 Å². The topological polar surface area (TPSA) is 92.6 Å². The number of carbonyl (C=O) groups is 2. The van der Waals surface area contributed by atoms with Crippen molar-refractivity contribution >= 4 is 28.9 Å². The van der Waals surface area contributed by atoms with E-state index in [9.17, 15) is 14.7 Å². The molecule has 8 heteroatoms. The van der Waals surface area contributed by atoms with Crippen LogP contribution >= 0.6 is 11.5 Å². The Bertz CT molecular complexity index is 1150. The number of aromatic nitrogens is 2. The van der Waals surface area contributed by atoms with Crippen LogP contribution in [0.3, 0.4) is 0 Å². The van der Waals surface area contributed by atoms with E-state index >= 15 is 0 Å². The standard InChI is InChI=1S/C23H21N3O4S/c1-13(2)21(27)19-20(16-6-4-5-7-18(16)30-3)26(23(29)22(19)28)15-10-8-14(9-11-15)17-12-31-25-24-17/h4-13,20,28H,1-3H3. The predicted molar refractivity (Wildman–Crippen MR) is 118 cm³/mol. The van der Waals surface area contributed by atoms with Gasteiger partial charge in [0.2, 0.25) is 0 Å². The summed E-state index contributed by atoms with van der Waals surface area (Å²) in [5.41, 5.74) is 2.85. The molecule has 3 aromatic rings. The van der Waals surface area contributed by atoms with Gasteiger partial charge >= 0.3 is 0 Å². The number of aliphatic hydroxyl groups is 1. The molecule has 1 aliphatic heterocycles. The summed E-state index contributed by atoms with van der Waals surface area (Å²) in [6.07, 6.45) is 0. The third-order valence-electron chi connectivity index (χ3n) is 5.23. The van der Waals surface area contributed by atoms with Crippen molar-refractivity contribution in [3.63, 3.8) is 0 Å². The molecular formula is C23H21N3O4S. The van der Waals surface area contributed by atoms with Crippen molar-refractivity contribution in [1.29, 1.82) is 0 Å². The lowest BCUT2D eigenvalue weighted by Gasteiger charge is -2.28. The van der Waals surface area contributed by atoms with Crippen LogP contribution in [0, 0.1) is 5.92 Å². The maximum atomic E-state index is 13.1. The summed E-state index contributed by atoms with van der Waals surface area (Å²) >= 11 is 1.26. The highest BCUT2D eigenvalue weighted by atomic mass is 32.1. The third kappa shape index (κ3) is 3.59. The van der Waals surface area contributed by atoms with Gasteiger partial charge in [0.15, 0.2) is 11.5 Å². The number of hydrogen-bond donors (Lipinski definition) is 1. The molecule has 0 saturated heterocycles. The second-order valence-corrected chi connectivity index (χ2v) is 8.05. The number of anilines is 1. The number of ether oxygens (including phenoxy) is 1. The number of ketones is 1. The predicted octanol–water partition coefficient (Wildman–Crippen LogP) is 4.34. The Morgan fingerprint density at radius 3 is 2.48 bits per heavy atom. The Kier molecular flexibility index (Phi) is 5.56. The van der Waals surface area contributed by atoms with Crippen LogP contribution in [-0.4, -0.2) is 33.5 Å². The van der Waals surface area contributed by atoms with Gasteiger partial charge in [-0.25, -0.2) is 0 Å². The van der Waals surface area contributed by atoms with Gasteiger partial charge in [-0.05, 0) is 29.7 Å². The van der Waals surface area contributed by atoms with Crippen LogP contribution in [0.25, 0.3) is 11.3 Å². The fourth-order valence-corrected chi connectivity index (χ4v) is 4.17. The van der Waals surface area contributed by atoms with E-state index in [1.807, 2.05) is 29.6 Å². The molecule has 2 heterocycles. The normalized spacial score (nSPS) is 16.3. The van der Waals surface area contributed by atoms with Crippen LogP contribution < -0.4 is 9.64 Å². The van der Waals surface area contributed by atoms with Crippen molar-refractivity contribution < 1.29 is 19.4 Å². The minimum absolute atomic E-state index is 0.0808. The Hall–Kier alpha value is -3.52. The average Bonchev–Trinajstić information content (AvgIpc) is 3.41. The van der Waals surface area contributed by atoms with Gasteiger partial charge in [0, 0.05) is 28.1 Å². The Morgan fingerprint density at radius 2 is 1.87 bits per heavy atom. The zero-order chi connectivity index (χ0) is 22.1. The van der Waals surface area contributed by atoms with Crippen molar-refractivity contribution in [1.82, 2.24) is 9.59 Å². The van der Waals surface area contributed by atoms with Crippen molar-refractivity contribution in [2.45, 2.75) is 19.9 Å². The highest BCUT2D eigenvalue weighted by molar-refractivity contribution is 7.03. The van der Waals surface area contributed by atoms with E-state index in [1.165, 1.54) is 23.5 Å². The van der Waals surface area contributed by atoms with E-state index in [0.717, 1.165) is 11.3 Å². The lowest BCUT2D eigenvalue weighted by Crippen LogP contribution is -2.31. The van der Waals surface area contributed by atoms with Gasteiger partial charge in [-0.1, -0.05) is 48.7 Å². The van der Waals surface area contributed by atoms with E-state index in [4.69, 9.17) is 4.74 Å². The van der Waals surface area contributed by atoms with Gasteiger partial charge in [-0.3, -0.25) is 14.5 Å². The number of aliphatic hydroxyl groups excluding tert-OH is 1. The van der Waals surface area contributed by atoms with Crippen molar-refractivity contribution in [2.75, 3.05) is 12.0 Å². The second-order valence-electron chi connectivity index (χ2n) is 7.44. The van der Waals surface area contributed by atoms with Gasteiger partial charge in [-0.2, -0.15) is 0 Å². The summed E-state index contributed by atoms with van der Waals surface area (Å²) in [4.78, 5) is 27.6. The second kappa shape index (κ2) is 8.31. The number of rotatable bonds is 6. The van der Waals surface area contributed by atoms with Gasteiger partial charge in [-0.15, -0.1) is 5.10 Å². The molecule has 0 saturated carbocycles. The lowest BCUT2D eigenvalue weighted by molar-refractivity contribution is -0.119. The van der Waals surface area contributed by atoms with Gasteiger partial charge < -0.3 is 9.84 Å². The first-order valence-electron chi connectivity index (χ1n) is 9.75. The Labute approximate surface area is 183 Å². The van der Waals surface area contributed by atoms with Gasteiger partial charge in [0.05, 0.1) is 18.7 Å². The first kappa shape index (κ1) is 20.7. The molecule has 0 fully saturated rings. The lowest BCUT2D eigenvalue weighted by atomic mass is 9.90. The number of para-hydroxylation sites is 1. The van der Waals surface area contributed by atoms with Crippen molar-refractivity contribution in [3.05, 3.63) is 70.8 Å². The van der Waals surface area contributed by atoms with Crippen molar-refractivity contribution in [2.24, 2.45) is 5.92 Å². The quantitative estimate of drug-likeness (QED) is 0.619. The Balaban J connectivity index is 1.84. The molecule has 2 aromatic carbocycles. The summed E-state index contributed by atoms with van der Waals surface area (Å²) in [5, 5.41) is 16.6. The summed E-state index contributed by atoms with van der Waals surface area (Å²) in [6.45, 7) is 3.48. The largest absolute Gasteiger partial charge is 0.503 e. The summed E-state index contributed by atoms with van der Waals surface area (Å²) in [7, 11) is 1.53. The molecule has 1 atom stereocenters. The maximum absolute atomic E-state index is 13.1. The first-order chi connectivity index (χ1) is 14.9. The highest BCUT2D eigenvalue weighted by Gasteiger charge is 2.45. The van der Waals surface area contributed by atoms with E-state index in [-0.39, 0.29) is 17.3 Å². The molecule has 31 heavy (non-hydrogen) atoms. The zero-order valence-electron chi connectivity index (χ0n) is 17.3. The van der Waals surface area contributed by atoms with Crippen LogP contribution in [0.4, 0.5) is 5.69 Å². The molecule has 7 nitrogen and oxygen atoms in total. The maximum Gasteiger partial charge on any atom is 0.294 e. The van der Waals surface area contributed by atoms with Crippen molar-refractivity contribution in [3.8, 4) is 17.0 Å². The molecule has 0 radical (unpaired) electrons. The molecule has 1 N–H and O–H groups in total. The smallest absolute Gasteiger partial charge is 0.294 e. The molecule has 1 unspecified atom stereocenters. The number of nitrogens with zero attached hydrogens (tertiary/aromatic N) is 3. The number of amides is 1. The first-order valence-corrected chi connectivity index (χ1v) is 10.6. The highest BCUT2D eigenvalue weighted by Crippen LogP contribution is 2.44. The molecular weight excluding hydrogens is 414 g/mol. The number of benzene rings is 2. The molecule has 0 spiro atoms. The van der Waals surface area contributed by atoms with Crippen LogP contribution in [0.1, 0.15) is 25.5 Å². The van der Waals surface area contributed by atoms with Gasteiger partial charge in [0.25, 0.3) is 5.91 Å². The van der Waals surface area contributed by atoms with E-state index in [1.54, 1.807) is 38.1 Å². The molecule has 1 aromatic heterocycles. The molecule has 1 amide bonds. The van der Waals surface area contributed by atoms with Crippen LogP contribution in [0.15, 0.2) is 65.2 Å². The molecule has 4 rings (SSSR count). The monoisotopic (exact) mass is 435 g/mol. The van der Waals surface area contributed by atoms with E-state index in [0.29, 0.717) is 17.0 Å². The number of methoxy groups -OCH3 is 1. The van der Waals surface area contributed by atoms with E-state index in [2.05, 4.69) is 9.59 Å². The fraction of sp³-hybridized carbons (Fsp3) is 0.217. The third-order valence-corrected chi connectivity index (χ3v) is 5.74.